The Morgan fingerprint density at radius 3 is 2.58 bits per heavy atom. The smallest absolute Gasteiger partial charge is 0.240 e. The van der Waals surface area contributed by atoms with Gasteiger partial charge in [-0.3, -0.25) is 4.98 Å². The van der Waals surface area contributed by atoms with Gasteiger partial charge in [-0.2, -0.15) is 0 Å². The molecule has 0 saturated heterocycles. The standard InChI is InChI=1S/C12H10F2N2O2S/c13-11-4-3-10(6-12(11)14)19(17,18)16-8-9-2-1-5-15-7-9/h1-7,16H,8H2. The Balaban J connectivity index is 2.16. The summed E-state index contributed by atoms with van der Waals surface area (Å²) in [5.41, 5.74) is 0.661. The third-order valence-electron chi connectivity index (χ3n) is 2.39. The van der Waals surface area contributed by atoms with Crippen LogP contribution in [0.25, 0.3) is 0 Å². The lowest BCUT2D eigenvalue weighted by atomic mass is 10.3. The highest BCUT2D eigenvalue weighted by Gasteiger charge is 2.16. The van der Waals surface area contributed by atoms with Crippen LogP contribution >= 0.6 is 0 Å². The number of hydrogen-bond donors (Lipinski definition) is 1. The third-order valence-corrected chi connectivity index (χ3v) is 3.79. The minimum atomic E-state index is -3.88. The highest BCUT2D eigenvalue weighted by atomic mass is 32.2. The first kappa shape index (κ1) is 13.6. The van der Waals surface area contributed by atoms with E-state index in [0.717, 1.165) is 12.1 Å². The maximum absolute atomic E-state index is 13.0. The molecular formula is C12H10F2N2O2S. The zero-order valence-corrected chi connectivity index (χ0v) is 10.5. The number of pyridine rings is 1. The van der Waals surface area contributed by atoms with Gasteiger partial charge in [-0.15, -0.1) is 0 Å². The number of aromatic nitrogens is 1. The van der Waals surface area contributed by atoms with Crippen LogP contribution < -0.4 is 4.72 Å². The van der Waals surface area contributed by atoms with Crippen LogP contribution in [0.4, 0.5) is 8.78 Å². The molecule has 4 nitrogen and oxygen atoms in total. The monoisotopic (exact) mass is 284 g/mol. The van der Waals surface area contributed by atoms with Gasteiger partial charge in [0.2, 0.25) is 10.0 Å². The van der Waals surface area contributed by atoms with E-state index in [-0.39, 0.29) is 11.4 Å². The molecule has 0 atom stereocenters. The van der Waals surface area contributed by atoms with Crippen molar-refractivity contribution in [3.05, 3.63) is 59.9 Å². The fourth-order valence-corrected chi connectivity index (χ4v) is 2.44. The van der Waals surface area contributed by atoms with Crippen LogP contribution in [-0.2, 0) is 16.6 Å². The highest BCUT2D eigenvalue weighted by molar-refractivity contribution is 7.89. The Labute approximate surface area is 109 Å². The van der Waals surface area contributed by atoms with E-state index in [2.05, 4.69) is 9.71 Å². The van der Waals surface area contributed by atoms with Crippen molar-refractivity contribution >= 4 is 10.0 Å². The van der Waals surface area contributed by atoms with Gasteiger partial charge < -0.3 is 0 Å². The molecule has 0 aliphatic heterocycles. The number of nitrogens with one attached hydrogen (secondary N) is 1. The van der Waals surface area contributed by atoms with Crippen LogP contribution in [-0.4, -0.2) is 13.4 Å². The molecule has 0 radical (unpaired) electrons. The van der Waals surface area contributed by atoms with E-state index in [0.29, 0.717) is 11.6 Å². The quantitative estimate of drug-likeness (QED) is 0.932. The van der Waals surface area contributed by atoms with Gasteiger partial charge in [-0.05, 0) is 29.8 Å². The molecule has 0 unspecified atom stereocenters. The van der Waals surface area contributed by atoms with Crippen LogP contribution in [0.5, 0.6) is 0 Å². The number of rotatable bonds is 4. The van der Waals surface area contributed by atoms with E-state index in [1.807, 2.05) is 0 Å². The average Bonchev–Trinajstić information content (AvgIpc) is 2.41. The Morgan fingerprint density at radius 2 is 1.95 bits per heavy atom. The molecule has 1 aromatic heterocycles. The molecule has 19 heavy (non-hydrogen) atoms. The topological polar surface area (TPSA) is 59.1 Å². The Bertz CT molecular complexity index is 675. The summed E-state index contributed by atoms with van der Waals surface area (Å²) in [5, 5.41) is 0. The van der Waals surface area contributed by atoms with Gasteiger partial charge in [0.25, 0.3) is 0 Å². The van der Waals surface area contributed by atoms with E-state index in [1.54, 1.807) is 18.3 Å². The summed E-state index contributed by atoms with van der Waals surface area (Å²) in [6.07, 6.45) is 3.07. The third kappa shape index (κ3) is 3.33. The molecule has 1 aromatic carbocycles. The fourth-order valence-electron chi connectivity index (χ4n) is 1.41. The fraction of sp³-hybridized carbons (Fsp3) is 0.0833. The first-order valence-electron chi connectivity index (χ1n) is 5.33. The van der Waals surface area contributed by atoms with Crippen molar-refractivity contribution in [3.63, 3.8) is 0 Å². The number of hydrogen-bond acceptors (Lipinski definition) is 3. The number of nitrogens with zero attached hydrogens (tertiary/aromatic N) is 1. The molecule has 0 saturated carbocycles. The van der Waals surface area contributed by atoms with Gasteiger partial charge in [-0.25, -0.2) is 21.9 Å². The lowest BCUT2D eigenvalue weighted by molar-refractivity contribution is 0.504. The van der Waals surface area contributed by atoms with Gasteiger partial charge in [-0.1, -0.05) is 6.07 Å². The lowest BCUT2D eigenvalue weighted by Crippen LogP contribution is -2.23. The first-order valence-corrected chi connectivity index (χ1v) is 6.81. The van der Waals surface area contributed by atoms with Crippen LogP contribution in [0.3, 0.4) is 0 Å². The maximum Gasteiger partial charge on any atom is 0.240 e. The molecule has 0 aliphatic carbocycles. The van der Waals surface area contributed by atoms with Crippen molar-refractivity contribution < 1.29 is 17.2 Å². The lowest BCUT2D eigenvalue weighted by Gasteiger charge is -2.06. The molecule has 2 rings (SSSR count). The SMILES string of the molecule is O=S(=O)(NCc1cccnc1)c1ccc(F)c(F)c1. The molecule has 2 aromatic rings. The molecular weight excluding hydrogens is 274 g/mol. The van der Waals surface area contributed by atoms with Crippen LogP contribution in [0.15, 0.2) is 47.6 Å². The minimum absolute atomic E-state index is 0.0230. The predicted octanol–water partition coefficient (Wildman–Crippen LogP) is 1.84. The minimum Gasteiger partial charge on any atom is -0.264 e. The van der Waals surface area contributed by atoms with Crippen molar-refractivity contribution in [1.82, 2.24) is 9.71 Å². The molecule has 0 bridgehead atoms. The Kier molecular flexibility index (Phi) is 3.87. The van der Waals surface area contributed by atoms with Crippen molar-refractivity contribution in [2.24, 2.45) is 0 Å². The first-order chi connectivity index (χ1) is 8.99. The molecule has 0 amide bonds. The van der Waals surface area contributed by atoms with Crippen LogP contribution in [0.1, 0.15) is 5.56 Å². The number of benzene rings is 1. The van der Waals surface area contributed by atoms with Gasteiger partial charge in [0.05, 0.1) is 4.90 Å². The van der Waals surface area contributed by atoms with Gasteiger partial charge in [0.1, 0.15) is 0 Å². The summed E-state index contributed by atoms with van der Waals surface area (Å²) in [4.78, 5) is 3.52. The van der Waals surface area contributed by atoms with E-state index in [9.17, 15) is 17.2 Å². The second kappa shape index (κ2) is 5.41. The average molecular weight is 284 g/mol. The highest BCUT2D eigenvalue weighted by Crippen LogP contribution is 2.14. The second-order valence-electron chi connectivity index (χ2n) is 3.76. The van der Waals surface area contributed by atoms with Crippen molar-refractivity contribution in [1.29, 1.82) is 0 Å². The molecule has 7 heteroatoms. The normalized spacial score (nSPS) is 11.5. The van der Waals surface area contributed by atoms with Crippen molar-refractivity contribution in [3.8, 4) is 0 Å². The van der Waals surface area contributed by atoms with E-state index in [4.69, 9.17) is 0 Å². The molecule has 0 spiro atoms. The van der Waals surface area contributed by atoms with Crippen LogP contribution in [0, 0.1) is 11.6 Å². The van der Waals surface area contributed by atoms with Gasteiger partial charge in [0, 0.05) is 18.9 Å². The summed E-state index contributed by atoms with van der Waals surface area (Å²) in [6, 6.07) is 5.78. The Morgan fingerprint density at radius 1 is 1.16 bits per heavy atom. The number of sulfonamides is 1. The second-order valence-corrected chi connectivity index (χ2v) is 5.53. The van der Waals surface area contributed by atoms with Gasteiger partial charge in [0.15, 0.2) is 11.6 Å². The predicted molar refractivity (Wildman–Crippen MR) is 64.6 cm³/mol. The zero-order chi connectivity index (χ0) is 13.9. The van der Waals surface area contributed by atoms with Crippen LogP contribution in [0.2, 0.25) is 0 Å². The summed E-state index contributed by atoms with van der Waals surface area (Å²) in [5.74, 6) is -2.30. The van der Waals surface area contributed by atoms with Crippen molar-refractivity contribution in [2.45, 2.75) is 11.4 Å². The molecule has 0 aliphatic rings. The summed E-state index contributed by atoms with van der Waals surface area (Å²) < 4.78 is 51.7. The summed E-state index contributed by atoms with van der Waals surface area (Å²) >= 11 is 0. The maximum atomic E-state index is 13.0. The van der Waals surface area contributed by atoms with Gasteiger partial charge >= 0.3 is 0 Å². The largest absolute Gasteiger partial charge is 0.264 e. The Hall–Kier alpha value is -1.86. The van der Waals surface area contributed by atoms with E-state index >= 15 is 0 Å². The van der Waals surface area contributed by atoms with Crippen molar-refractivity contribution in [2.75, 3.05) is 0 Å². The molecule has 100 valence electrons. The van der Waals surface area contributed by atoms with E-state index < -0.39 is 21.7 Å². The molecule has 0 fully saturated rings. The molecule has 1 N–H and O–H groups in total. The van der Waals surface area contributed by atoms with E-state index in [1.165, 1.54) is 6.20 Å². The molecule has 1 heterocycles. The number of halogens is 2. The summed E-state index contributed by atoms with van der Waals surface area (Å²) in [7, 11) is -3.88. The zero-order valence-electron chi connectivity index (χ0n) is 9.68. The summed E-state index contributed by atoms with van der Waals surface area (Å²) in [6.45, 7) is 0.0230.